The van der Waals surface area contributed by atoms with Gasteiger partial charge < -0.3 is 5.32 Å². The van der Waals surface area contributed by atoms with E-state index in [2.05, 4.69) is 49.5 Å². The molecule has 0 aromatic heterocycles. The molecule has 110 valence electrons. The Morgan fingerprint density at radius 3 is 2.80 bits per heavy atom. The van der Waals surface area contributed by atoms with E-state index < -0.39 is 0 Å². The standard InChI is InChI=1S/C18H27NS/c1-3-13-19-17(16-10-5-4-6-11-16)14-20-18-12-8-7-9-15(18)2/h7-10,12,17,19H,3-6,11,13-14H2,1-2H3. The van der Waals surface area contributed by atoms with E-state index in [0.717, 1.165) is 12.3 Å². The van der Waals surface area contributed by atoms with Gasteiger partial charge in [-0.1, -0.05) is 36.8 Å². The quantitative estimate of drug-likeness (QED) is 0.562. The SMILES string of the molecule is CCCNC(CSc1ccccc1C)C1=CCCCC1. The molecule has 1 nitrogen and oxygen atoms in total. The average Bonchev–Trinajstić information content (AvgIpc) is 2.50. The van der Waals surface area contributed by atoms with Gasteiger partial charge >= 0.3 is 0 Å². The van der Waals surface area contributed by atoms with Crippen LogP contribution in [0, 0.1) is 6.92 Å². The Labute approximate surface area is 128 Å². The largest absolute Gasteiger partial charge is 0.310 e. The minimum Gasteiger partial charge on any atom is -0.310 e. The lowest BCUT2D eigenvalue weighted by Gasteiger charge is -2.24. The number of hydrogen-bond acceptors (Lipinski definition) is 2. The third kappa shape index (κ3) is 4.68. The maximum atomic E-state index is 3.74. The van der Waals surface area contributed by atoms with Crippen LogP contribution in [0.1, 0.15) is 44.6 Å². The molecule has 1 aromatic carbocycles. The molecule has 0 spiro atoms. The fourth-order valence-electron chi connectivity index (χ4n) is 2.69. The highest BCUT2D eigenvalue weighted by Gasteiger charge is 2.16. The minimum atomic E-state index is 0.555. The van der Waals surface area contributed by atoms with Crippen molar-refractivity contribution in [2.75, 3.05) is 12.3 Å². The van der Waals surface area contributed by atoms with Crippen LogP contribution < -0.4 is 5.32 Å². The van der Waals surface area contributed by atoms with Crippen molar-refractivity contribution in [1.82, 2.24) is 5.32 Å². The number of rotatable bonds is 7. The first kappa shape index (κ1) is 15.7. The Hall–Kier alpha value is -0.730. The Bertz CT molecular complexity index is 439. The molecular formula is C18H27NS. The Kier molecular flexibility index (Phi) is 6.68. The van der Waals surface area contributed by atoms with Crippen molar-refractivity contribution in [3.05, 3.63) is 41.5 Å². The number of hydrogen-bond donors (Lipinski definition) is 1. The predicted molar refractivity (Wildman–Crippen MR) is 90.5 cm³/mol. The Morgan fingerprint density at radius 1 is 1.25 bits per heavy atom. The molecule has 1 aromatic rings. The monoisotopic (exact) mass is 289 g/mol. The summed E-state index contributed by atoms with van der Waals surface area (Å²) in [6.07, 6.45) is 8.98. The maximum absolute atomic E-state index is 3.74. The zero-order valence-electron chi connectivity index (χ0n) is 12.8. The van der Waals surface area contributed by atoms with Crippen LogP contribution in [0.3, 0.4) is 0 Å². The van der Waals surface area contributed by atoms with Crippen molar-refractivity contribution in [3.8, 4) is 0 Å². The molecule has 2 rings (SSSR count). The summed E-state index contributed by atoms with van der Waals surface area (Å²) in [7, 11) is 0. The van der Waals surface area contributed by atoms with E-state index in [0.29, 0.717) is 6.04 Å². The molecule has 20 heavy (non-hydrogen) atoms. The molecule has 0 aliphatic heterocycles. The van der Waals surface area contributed by atoms with Gasteiger partial charge in [0.25, 0.3) is 0 Å². The van der Waals surface area contributed by atoms with Gasteiger partial charge in [-0.15, -0.1) is 11.8 Å². The molecule has 2 heteroatoms. The van der Waals surface area contributed by atoms with Crippen LogP contribution in [0.25, 0.3) is 0 Å². The second-order valence-corrected chi connectivity index (χ2v) is 6.67. The second-order valence-electron chi connectivity index (χ2n) is 5.61. The van der Waals surface area contributed by atoms with Gasteiger partial charge in [-0.05, 0) is 57.2 Å². The summed E-state index contributed by atoms with van der Waals surface area (Å²) >= 11 is 2.00. The highest BCUT2D eigenvalue weighted by atomic mass is 32.2. The summed E-state index contributed by atoms with van der Waals surface area (Å²) in [5, 5.41) is 3.74. The summed E-state index contributed by atoms with van der Waals surface area (Å²) in [6, 6.07) is 9.27. The minimum absolute atomic E-state index is 0.555. The molecule has 0 amide bonds. The van der Waals surface area contributed by atoms with Crippen LogP contribution in [-0.2, 0) is 0 Å². The molecular weight excluding hydrogens is 262 g/mol. The van der Waals surface area contributed by atoms with Crippen molar-refractivity contribution in [2.24, 2.45) is 0 Å². The lowest BCUT2D eigenvalue weighted by molar-refractivity contribution is 0.562. The Balaban J connectivity index is 1.96. The van der Waals surface area contributed by atoms with E-state index in [4.69, 9.17) is 0 Å². The van der Waals surface area contributed by atoms with Crippen LogP contribution >= 0.6 is 11.8 Å². The summed E-state index contributed by atoms with van der Waals surface area (Å²) in [5.41, 5.74) is 3.04. The van der Waals surface area contributed by atoms with Gasteiger partial charge in [0.15, 0.2) is 0 Å². The van der Waals surface area contributed by atoms with Gasteiger partial charge in [0.05, 0.1) is 0 Å². The van der Waals surface area contributed by atoms with Crippen molar-refractivity contribution < 1.29 is 0 Å². The smallest absolute Gasteiger partial charge is 0.0374 e. The molecule has 1 N–H and O–H groups in total. The summed E-state index contributed by atoms with van der Waals surface area (Å²) in [4.78, 5) is 1.42. The van der Waals surface area contributed by atoms with E-state index in [1.807, 2.05) is 11.8 Å². The number of nitrogens with one attached hydrogen (secondary N) is 1. The fraction of sp³-hybridized carbons (Fsp3) is 0.556. The summed E-state index contributed by atoms with van der Waals surface area (Å²) in [5.74, 6) is 1.15. The van der Waals surface area contributed by atoms with Crippen LogP contribution in [-0.4, -0.2) is 18.3 Å². The summed E-state index contributed by atoms with van der Waals surface area (Å²) < 4.78 is 0. The van der Waals surface area contributed by atoms with E-state index in [-0.39, 0.29) is 0 Å². The lowest BCUT2D eigenvalue weighted by Crippen LogP contribution is -2.34. The molecule has 1 unspecified atom stereocenters. The van der Waals surface area contributed by atoms with Crippen molar-refractivity contribution in [1.29, 1.82) is 0 Å². The van der Waals surface area contributed by atoms with Gasteiger partial charge in [-0.3, -0.25) is 0 Å². The van der Waals surface area contributed by atoms with E-state index in [1.165, 1.54) is 42.6 Å². The lowest BCUT2D eigenvalue weighted by atomic mass is 9.94. The number of allylic oxidation sites excluding steroid dienone is 1. The molecule has 1 aliphatic carbocycles. The van der Waals surface area contributed by atoms with E-state index in [1.54, 1.807) is 5.57 Å². The second kappa shape index (κ2) is 8.53. The van der Waals surface area contributed by atoms with Gasteiger partial charge in [0, 0.05) is 16.7 Å². The highest BCUT2D eigenvalue weighted by Crippen LogP contribution is 2.27. The van der Waals surface area contributed by atoms with Crippen LogP contribution in [0.2, 0.25) is 0 Å². The first-order valence-electron chi connectivity index (χ1n) is 7.92. The van der Waals surface area contributed by atoms with Gasteiger partial charge in [-0.2, -0.15) is 0 Å². The number of thioether (sulfide) groups is 1. The van der Waals surface area contributed by atoms with Gasteiger partial charge in [-0.25, -0.2) is 0 Å². The van der Waals surface area contributed by atoms with E-state index in [9.17, 15) is 0 Å². The molecule has 1 aliphatic rings. The van der Waals surface area contributed by atoms with Crippen molar-refractivity contribution in [2.45, 2.75) is 56.9 Å². The number of aryl methyl sites for hydroxylation is 1. The van der Waals surface area contributed by atoms with Gasteiger partial charge in [0.1, 0.15) is 0 Å². The topological polar surface area (TPSA) is 12.0 Å². The molecule has 0 bridgehead atoms. The predicted octanol–water partition coefficient (Wildman–Crippen LogP) is 4.96. The van der Waals surface area contributed by atoms with E-state index >= 15 is 0 Å². The maximum Gasteiger partial charge on any atom is 0.0374 e. The zero-order valence-corrected chi connectivity index (χ0v) is 13.6. The average molecular weight is 289 g/mol. The Morgan fingerprint density at radius 2 is 2.10 bits per heavy atom. The zero-order chi connectivity index (χ0) is 14.2. The van der Waals surface area contributed by atoms with Crippen molar-refractivity contribution >= 4 is 11.8 Å². The third-order valence-electron chi connectivity index (χ3n) is 3.91. The number of benzene rings is 1. The molecule has 0 saturated heterocycles. The third-order valence-corrected chi connectivity index (χ3v) is 5.18. The first-order chi connectivity index (χ1) is 9.81. The van der Waals surface area contributed by atoms with Crippen molar-refractivity contribution in [3.63, 3.8) is 0 Å². The van der Waals surface area contributed by atoms with Crippen LogP contribution in [0.4, 0.5) is 0 Å². The van der Waals surface area contributed by atoms with Gasteiger partial charge in [0.2, 0.25) is 0 Å². The highest BCUT2D eigenvalue weighted by molar-refractivity contribution is 7.99. The molecule has 0 heterocycles. The molecule has 1 atom stereocenters. The first-order valence-corrected chi connectivity index (χ1v) is 8.90. The molecule has 0 radical (unpaired) electrons. The van der Waals surface area contributed by atoms with Crippen LogP contribution in [0.5, 0.6) is 0 Å². The molecule has 0 saturated carbocycles. The molecule has 0 fully saturated rings. The van der Waals surface area contributed by atoms with Crippen LogP contribution in [0.15, 0.2) is 40.8 Å². The fourth-order valence-corrected chi connectivity index (χ4v) is 3.84. The normalized spacial score (nSPS) is 16.8. The summed E-state index contributed by atoms with van der Waals surface area (Å²) in [6.45, 7) is 5.57.